The van der Waals surface area contributed by atoms with Crippen LogP contribution in [0.1, 0.15) is 5.56 Å². The first-order chi connectivity index (χ1) is 11.5. The highest BCUT2D eigenvalue weighted by Gasteiger charge is 2.03. The van der Waals surface area contributed by atoms with E-state index in [-0.39, 0.29) is 19.0 Å². The van der Waals surface area contributed by atoms with Crippen LogP contribution in [0.15, 0.2) is 53.4 Å². The van der Waals surface area contributed by atoms with Crippen molar-refractivity contribution >= 4 is 18.5 Å². The van der Waals surface area contributed by atoms with Gasteiger partial charge in [0.2, 0.25) is 0 Å². The van der Waals surface area contributed by atoms with Crippen LogP contribution in [0.3, 0.4) is 0 Å². The van der Waals surface area contributed by atoms with Crippen molar-refractivity contribution in [3.05, 3.63) is 54.1 Å². The molecule has 0 spiro atoms. The minimum absolute atomic E-state index is 0.0141. The maximum atomic E-state index is 9.18. The third kappa shape index (κ3) is 7.36. The zero-order valence-corrected chi connectivity index (χ0v) is 14.4. The number of nitrogen functional groups attached to an aromatic ring is 1. The van der Waals surface area contributed by atoms with Gasteiger partial charge < -0.3 is 26.0 Å². The summed E-state index contributed by atoms with van der Waals surface area (Å²) in [7, 11) is 1.65. The van der Waals surface area contributed by atoms with Gasteiger partial charge in [0.15, 0.2) is 0 Å². The Labute approximate surface area is 147 Å². The van der Waals surface area contributed by atoms with Gasteiger partial charge >= 0.3 is 0 Å². The van der Waals surface area contributed by atoms with E-state index in [0.717, 1.165) is 10.6 Å². The van der Waals surface area contributed by atoms with Crippen molar-refractivity contribution in [3.8, 4) is 11.5 Å². The van der Waals surface area contributed by atoms with Gasteiger partial charge in [-0.05, 0) is 36.4 Å². The SMILES string of the molecule is COc1ccc(S)cc1.N=C(N)c1cccc(OCC(O)CN)c1. The first-order valence-corrected chi connectivity index (χ1v) is 7.69. The zero-order valence-electron chi connectivity index (χ0n) is 13.5. The monoisotopic (exact) mass is 349 g/mol. The quantitative estimate of drug-likeness (QED) is 0.309. The van der Waals surface area contributed by atoms with Crippen LogP contribution in [0, 0.1) is 5.41 Å². The Morgan fingerprint density at radius 1 is 1.21 bits per heavy atom. The molecule has 6 N–H and O–H groups in total. The first-order valence-electron chi connectivity index (χ1n) is 7.24. The molecular weight excluding hydrogens is 326 g/mol. The molecule has 0 bridgehead atoms. The van der Waals surface area contributed by atoms with Gasteiger partial charge in [-0.3, -0.25) is 5.41 Å². The highest BCUT2D eigenvalue weighted by atomic mass is 32.1. The molecule has 1 atom stereocenters. The summed E-state index contributed by atoms with van der Waals surface area (Å²) in [5.74, 6) is 1.42. The van der Waals surface area contributed by atoms with Gasteiger partial charge in [0.1, 0.15) is 30.0 Å². The predicted molar refractivity (Wildman–Crippen MR) is 98.3 cm³/mol. The fraction of sp³-hybridized carbons (Fsp3) is 0.235. The molecule has 0 aromatic heterocycles. The van der Waals surface area contributed by atoms with Gasteiger partial charge in [0, 0.05) is 17.0 Å². The molecule has 0 aliphatic carbocycles. The Morgan fingerprint density at radius 2 is 1.88 bits per heavy atom. The molecule has 1 unspecified atom stereocenters. The van der Waals surface area contributed by atoms with E-state index >= 15 is 0 Å². The lowest BCUT2D eigenvalue weighted by Crippen LogP contribution is -2.26. The van der Waals surface area contributed by atoms with Crippen LogP contribution in [0.4, 0.5) is 0 Å². The van der Waals surface area contributed by atoms with E-state index in [1.165, 1.54) is 0 Å². The van der Waals surface area contributed by atoms with Crippen LogP contribution < -0.4 is 20.9 Å². The van der Waals surface area contributed by atoms with Crippen LogP contribution in [-0.2, 0) is 0 Å². The summed E-state index contributed by atoms with van der Waals surface area (Å²) >= 11 is 4.11. The molecule has 2 rings (SSSR count). The van der Waals surface area contributed by atoms with Crippen LogP contribution in [-0.4, -0.2) is 37.3 Å². The molecule has 0 saturated carbocycles. The number of methoxy groups -OCH3 is 1. The molecule has 0 amide bonds. The lowest BCUT2D eigenvalue weighted by Gasteiger charge is -2.10. The number of aliphatic hydroxyl groups is 1. The van der Waals surface area contributed by atoms with Crippen molar-refractivity contribution in [2.24, 2.45) is 11.5 Å². The number of hydrogen-bond acceptors (Lipinski definition) is 6. The normalized spacial score (nSPS) is 11.0. The topological polar surface area (TPSA) is 115 Å². The Morgan fingerprint density at radius 3 is 2.42 bits per heavy atom. The zero-order chi connectivity index (χ0) is 17.9. The molecule has 0 heterocycles. The Hall–Kier alpha value is -2.22. The average Bonchev–Trinajstić information content (AvgIpc) is 2.61. The van der Waals surface area contributed by atoms with Crippen LogP contribution >= 0.6 is 12.6 Å². The fourth-order valence-electron chi connectivity index (χ4n) is 1.60. The Balaban J connectivity index is 0.000000272. The smallest absolute Gasteiger partial charge is 0.122 e. The van der Waals surface area contributed by atoms with E-state index in [9.17, 15) is 5.11 Å². The summed E-state index contributed by atoms with van der Waals surface area (Å²) in [5.41, 5.74) is 11.1. The minimum atomic E-state index is -0.675. The van der Waals surface area contributed by atoms with Crippen molar-refractivity contribution < 1.29 is 14.6 Å². The van der Waals surface area contributed by atoms with Crippen LogP contribution in [0.2, 0.25) is 0 Å². The summed E-state index contributed by atoms with van der Waals surface area (Å²) < 4.78 is 10.2. The molecule has 24 heavy (non-hydrogen) atoms. The lowest BCUT2D eigenvalue weighted by atomic mass is 10.2. The number of hydrogen-bond donors (Lipinski definition) is 5. The number of nitrogens with two attached hydrogens (primary N) is 2. The van der Waals surface area contributed by atoms with E-state index < -0.39 is 6.10 Å². The second kappa shape index (κ2) is 10.5. The van der Waals surface area contributed by atoms with Crippen molar-refractivity contribution in [3.63, 3.8) is 0 Å². The highest BCUT2D eigenvalue weighted by molar-refractivity contribution is 7.80. The van der Waals surface area contributed by atoms with Gasteiger partial charge in [-0.15, -0.1) is 12.6 Å². The molecule has 0 aliphatic rings. The molecule has 130 valence electrons. The molecule has 0 aliphatic heterocycles. The number of rotatable bonds is 6. The second-order valence-electron chi connectivity index (χ2n) is 4.84. The minimum Gasteiger partial charge on any atom is -0.497 e. The molecule has 2 aromatic rings. The average molecular weight is 349 g/mol. The predicted octanol–water partition coefficient (Wildman–Crippen LogP) is 1.65. The third-order valence-electron chi connectivity index (χ3n) is 2.93. The van der Waals surface area contributed by atoms with Crippen LogP contribution in [0.25, 0.3) is 0 Å². The van der Waals surface area contributed by atoms with Gasteiger partial charge in [-0.1, -0.05) is 12.1 Å². The maximum Gasteiger partial charge on any atom is 0.122 e. The summed E-state index contributed by atoms with van der Waals surface area (Å²) in [4.78, 5) is 0.954. The lowest BCUT2D eigenvalue weighted by molar-refractivity contribution is 0.114. The molecule has 0 fully saturated rings. The van der Waals surface area contributed by atoms with E-state index in [1.807, 2.05) is 24.3 Å². The first kappa shape index (κ1) is 19.8. The molecule has 7 heteroatoms. The van der Waals surface area contributed by atoms with Gasteiger partial charge in [0.25, 0.3) is 0 Å². The van der Waals surface area contributed by atoms with E-state index in [0.29, 0.717) is 11.3 Å². The number of benzene rings is 2. The summed E-state index contributed by atoms with van der Waals surface area (Å²) in [6.07, 6.45) is -0.675. The van der Waals surface area contributed by atoms with E-state index in [1.54, 1.807) is 31.4 Å². The van der Waals surface area contributed by atoms with Crippen molar-refractivity contribution in [1.29, 1.82) is 5.41 Å². The summed E-state index contributed by atoms with van der Waals surface area (Å²) in [6.45, 7) is 0.296. The van der Waals surface area contributed by atoms with Crippen molar-refractivity contribution in [2.75, 3.05) is 20.3 Å². The number of aliphatic hydroxyl groups excluding tert-OH is 1. The Bertz CT molecular complexity index is 635. The summed E-state index contributed by atoms with van der Waals surface area (Å²) in [5, 5.41) is 16.4. The van der Waals surface area contributed by atoms with Crippen molar-refractivity contribution in [1.82, 2.24) is 0 Å². The number of ether oxygens (including phenoxy) is 2. The van der Waals surface area contributed by atoms with Gasteiger partial charge in [0.05, 0.1) is 7.11 Å². The van der Waals surface area contributed by atoms with Gasteiger partial charge in [-0.2, -0.15) is 0 Å². The fourth-order valence-corrected chi connectivity index (χ4v) is 1.75. The molecule has 0 radical (unpaired) electrons. The number of thiol groups is 1. The number of nitrogens with one attached hydrogen (secondary N) is 1. The maximum absolute atomic E-state index is 9.18. The highest BCUT2D eigenvalue weighted by Crippen LogP contribution is 2.13. The molecule has 6 nitrogen and oxygen atoms in total. The van der Waals surface area contributed by atoms with E-state index in [4.69, 9.17) is 26.4 Å². The van der Waals surface area contributed by atoms with Crippen molar-refractivity contribution in [2.45, 2.75) is 11.0 Å². The standard InChI is InChI=1S/C10H15N3O2.C7H8OS/c11-5-8(14)6-15-9-3-1-2-7(4-9)10(12)13;1-8-6-2-4-7(9)5-3-6/h1-4,8,14H,5-6,11H2,(H3,12,13);2-5,9H,1H3. The second-order valence-corrected chi connectivity index (χ2v) is 5.36. The molecule has 0 saturated heterocycles. The number of amidine groups is 1. The Kier molecular flexibility index (Phi) is 8.70. The van der Waals surface area contributed by atoms with Gasteiger partial charge in [-0.25, -0.2) is 0 Å². The summed E-state index contributed by atoms with van der Waals surface area (Å²) in [6, 6.07) is 14.4. The van der Waals surface area contributed by atoms with E-state index in [2.05, 4.69) is 12.6 Å². The third-order valence-corrected chi connectivity index (χ3v) is 3.23. The van der Waals surface area contributed by atoms with Crippen LogP contribution in [0.5, 0.6) is 11.5 Å². The largest absolute Gasteiger partial charge is 0.497 e. The molecular formula is C17H23N3O3S. The molecule has 2 aromatic carbocycles.